The molecule has 8 nitrogen and oxygen atoms in total. The number of nitrogens with zero attached hydrogens (tertiary/aromatic N) is 2. The van der Waals surface area contributed by atoms with E-state index in [9.17, 15) is 14.0 Å². The van der Waals surface area contributed by atoms with E-state index in [0.29, 0.717) is 18.5 Å². The molecule has 1 aromatic carbocycles. The predicted octanol–water partition coefficient (Wildman–Crippen LogP) is 1.39. The average molecular weight is 360 g/mol. The Balaban J connectivity index is 1.48. The van der Waals surface area contributed by atoms with Crippen molar-refractivity contribution in [2.45, 2.75) is 31.0 Å². The van der Waals surface area contributed by atoms with Gasteiger partial charge in [0.1, 0.15) is 6.10 Å². The molecule has 1 aromatic heterocycles. The van der Waals surface area contributed by atoms with Gasteiger partial charge < -0.3 is 20.1 Å². The normalized spacial score (nSPS) is 23.9. The van der Waals surface area contributed by atoms with Crippen molar-refractivity contribution in [3.05, 3.63) is 42.0 Å². The Labute approximate surface area is 148 Å². The minimum atomic E-state index is -0.475. The van der Waals surface area contributed by atoms with Crippen molar-refractivity contribution < 1.29 is 23.5 Å². The molecule has 0 radical (unpaired) electrons. The van der Waals surface area contributed by atoms with E-state index in [1.165, 1.54) is 30.0 Å². The standard InChI is InChI=1S/C17H17FN4O4/c1-25-14-8-10(2-3-11(14)18)22-5-4-12(21-22)16(23)20-13-6-9-7-15(13)26-17(24)19-9/h2-5,8-9,13,15H,6-7H2,1H3,(H,19,24)(H,20,23)/t9-,13-,15-/m1/s1. The van der Waals surface area contributed by atoms with Crippen LogP contribution >= 0.6 is 0 Å². The van der Waals surface area contributed by atoms with Crippen molar-refractivity contribution in [1.29, 1.82) is 0 Å². The van der Waals surface area contributed by atoms with Crippen molar-refractivity contribution in [3.8, 4) is 11.4 Å². The first-order valence-electron chi connectivity index (χ1n) is 8.21. The number of methoxy groups -OCH3 is 1. The molecule has 2 amide bonds. The molecule has 0 spiro atoms. The molecule has 9 heteroatoms. The summed E-state index contributed by atoms with van der Waals surface area (Å²) in [4.78, 5) is 23.8. The summed E-state index contributed by atoms with van der Waals surface area (Å²) >= 11 is 0. The van der Waals surface area contributed by atoms with E-state index in [2.05, 4.69) is 15.7 Å². The number of nitrogens with one attached hydrogen (secondary N) is 2. The minimum absolute atomic E-state index is 0.0239. The van der Waals surface area contributed by atoms with E-state index in [1.54, 1.807) is 12.3 Å². The number of benzene rings is 1. The van der Waals surface area contributed by atoms with Crippen LogP contribution in [0.1, 0.15) is 23.3 Å². The number of rotatable bonds is 4. The molecule has 136 valence electrons. The highest BCUT2D eigenvalue weighted by Gasteiger charge is 2.42. The van der Waals surface area contributed by atoms with Gasteiger partial charge in [0.05, 0.1) is 18.8 Å². The SMILES string of the molecule is COc1cc(-n2ccc(C(=O)N[C@@H]3C[C@@H]4C[C@H]3OC(=O)N4)n2)ccc1F. The number of alkyl carbamates (subject to hydrolysis) is 1. The van der Waals surface area contributed by atoms with Gasteiger partial charge in [-0.2, -0.15) is 5.10 Å². The summed E-state index contributed by atoms with van der Waals surface area (Å²) in [5.74, 6) is -0.736. The van der Waals surface area contributed by atoms with Gasteiger partial charge in [-0.15, -0.1) is 0 Å². The van der Waals surface area contributed by atoms with Crippen molar-refractivity contribution in [1.82, 2.24) is 20.4 Å². The first kappa shape index (κ1) is 16.4. The molecule has 0 unspecified atom stereocenters. The summed E-state index contributed by atoms with van der Waals surface area (Å²) in [5, 5.41) is 9.82. The molecule has 1 saturated heterocycles. The van der Waals surface area contributed by atoms with Gasteiger partial charge in [0, 0.05) is 24.7 Å². The maximum Gasteiger partial charge on any atom is 0.407 e. The molecule has 26 heavy (non-hydrogen) atoms. The summed E-state index contributed by atoms with van der Waals surface area (Å²) in [6, 6.07) is 5.65. The average Bonchev–Trinajstić information content (AvgIpc) is 3.21. The lowest BCUT2D eigenvalue weighted by Crippen LogP contribution is -2.44. The molecule has 2 bridgehead atoms. The maximum atomic E-state index is 13.5. The highest BCUT2D eigenvalue weighted by atomic mass is 19.1. The minimum Gasteiger partial charge on any atom is -0.494 e. The van der Waals surface area contributed by atoms with Gasteiger partial charge in [-0.05, 0) is 24.6 Å². The fourth-order valence-electron chi connectivity index (χ4n) is 3.36. The van der Waals surface area contributed by atoms with Gasteiger partial charge in [0.25, 0.3) is 5.91 Å². The largest absolute Gasteiger partial charge is 0.494 e. The zero-order valence-corrected chi connectivity index (χ0v) is 13.9. The number of halogens is 1. The van der Waals surface area contributed by atoms with Crippen molar-refractivity contribution in [3.63, 3.8) is 0 Å². The second-order valence-electron chi connectivity index (χ2n) is 6.30. The number of aromatic nitrogens is 2. The lowest BCUT2D eigenvalue weighted by Gasteiger charge is -2.22. The number of hydrogen-bond acceptors (Lipinski definition) is 5. The summed E-state index contributed by atoms with van der Waals surface area (Å²) in [6.45, 7) is 0. The molecular formula is C17H17FN4O4. The zero-order valence-electron chi connectivity index (χ0n) is 13.9. The van der Waals surface area contributed by atoms with Crippen LogP contribution in [0.4, 0.5) is 9.18 Å². The molecule has 1 saturated carbocycles. The quantitative estimate of drug-likeness (QED) is 0.859. The Morgan fingerprint density at radius 1 is 1.42 bits per heavy atom. The Morgan fingerprint density at radius 2 is 2.27 bits per heavy atom. The monoisotopic (exact) mass is 360 g/mol. The Bertz CT molecular complexity index is 868. The summed E-state index contributed by atoms with van der Waals surface area (Å²) < 4.78 is 25.1. The van der Waals surface area contributed by atoms with E-state index in [4.69, 9.17) is 9.47 Å². The van der Waals surface area contributed by atoms with Gasteiger partial charge in [0.15, 0.2) is 17.3 Å². The zero-order chi connectivity index (χ0) is 18.3. The van der Waals surface area contributed by atoms with Crippen LogP contribution < -0.4 is 15.4 Å². The van der Waals surface area contributed by atoms with Gasteiger partial charge in [0.2, 0.25) is 0 Å². The van der Waals surface area contributed by atoms with Crippen LogP contribution in [0.2, 0.25) is 0 Å². The molecular weight excluding hydrogens is 343 g/mol. The van der Waals surface area contributed by atoms with Gasteiger partial charge in [-0.25, -0.2) is 13.9 Å². The van der Waals surface area contributed by atoms with Gasteiger partial charge in [-0.1, -0.05) is 0 Å². The number of hydrogen-bond donors (Lipinski definition) is 2. The molecule has 2 heterocycles. The molecule has 2 N–H and O–H groups in total. The van der Waals surface area contributed by atoms with Gasteiger partial charge in [-0.3, -0.25) is 4.79 Å². The lowest BCUT2D eigenvalue weighted by atomic mass is 10.2. The fourth-order valence-corrected chi connectivity index (χ4v) is 3.36. The maximum absolute atomic E-state index is 13.5. The third-order valence-electron chi connectivity index (χ3n) is 4.62. The summed E-state index contributed by atoms with van der Waals surface area (Å²) in [6.07, 6.45) is 2.15. The Hall–Kier alpha value is -3.10. The van der Waals surface area contributed by atoms with Crippen LogP contribution in [0.3, 0.4) is 0 Å². The second-order valence-corrected chi connectivity index (χ2v) is 6.30. The van der Waals surface area contributed by atoms with Crippen LogP contribution in [-0.4, -0.2) is 47.1 Å². The van der Waals surface area contributed by atoms with E-state index in [0.717, 1.165) is 0 Å². The number of carbonyl (C=O) groups is 2. The van der Waals surface area contributed by atoms with Crippen LogP contribution in [0.15, 0.2) is 30.5 Å². The van der Waals surface area contributed by atoms with Gasteiger partial charge >= 0.3 is 6.09 Å². The van der Waals surface area contributed by atoms with Crippen molar-refractivity contribution in [2.24, 2.45) is 0 Å². The number of carbonyl (C=O) groups excluding carboxylic acids is 2. The second kappa shape index (κ2) is 6.32. The highest BCUT2D eigenvalue weighted by Crippen LogP contribution is 2.27. The van der Waals surface area contributed by atoms with Crippen LogP contribution in [0, 0.1) is 5.82 Å². The van der Waals surface area contributed by atoms with Crippen LogP contribution in [0.25, 0.3) is 5.69 Å². The number of amides is 2. The van der Waals surface area contributed by atoms with E-state index in [1.807, 2.05) is 0 Å². The molecule has 2 fully saturated rings. The van der Waals surface area contributed by atoms with Crippen LogP contribution in [-0.2, 0) is 4.74 Å². The van der Waals surface area contributed by atoms with Crippen molar-refractivity contribution >= 4 is 12.0 Å². The summed E-state index contributed by atoms with van der Waals surface area (Å²) in [5.41, 5.74) is 0.783. The number of ether oxygens (including phenoxy) is 2. The summed E-state index contributed by atoms with van der Waals surface area (Å²) in [7, 11) is 1.38. The Morgan fingerprint density at radius 3 is 3.08 bits per heavy atom. The Kier molecular flexibility index (Phi) is 3.98. The lowest BCUT2D eigenvalue weighted by molar-refractivity contribution is 0.0658. The topological polar surface area (TPSA) is 94.5 Å². The van der Waals surface area contributed by atoms with Crippen molar-refractivity contribution in [2.75, 3.05) is 7.11 Å². The molecule has 1 aliphatic heterocycles. The molecule has 1 aliphatic carbocycles. The third kappa shape index (κ3) is 2.96. The molecule has 3 atom stereocenters. The number of fused-ring (bicyclic) bond motifs is 2. The van der Waals surface area contributed by atoms with Crippen LogP contribution in [0.5, 0.6) is 5.75 Å². The molecule has 2 aromatic rings. The third-order valence-corrected chi connectivity index (χ3v) is 4.62. The molecule has 4 rings (SSSR count). The fraction of sp³-hybridized carbons (Fsp3) is 0.353. The van der Waals surface area contributed by atoms with E-state index < -0.39 is 11.9 Å². The highest BCUT2D eigenvalue weighted by molar-refractivity contribution is 5.92. The van der Waals surface area contributed by atoms with E-state index in [-0.39, 0.29) is 35.5 Å². The molecule has 2 aliphatic rings. The first-order chi connectivity index (χ1) is 12.5. The first-order valence-corrected chi connectivity index (χ1v) is 8.21. The predicted molar refractivity (Wildman–Crippen MR) is 87.8 cm³/mol. The van der Waals surface area contributed by atoms with E-state index >= 15 is 0 Å². The smallest absolute Gasteiger partial charge is 0.407 e.